The van der Waals surface area contributed by atoms with Crippen molar-refractivity contribution in [2.75, 3.05) is 29.9 Å². The van der Waals surface area contributed by atoms with Gasteiger partial charge in [0.15, 0.2) is 6.29 Å². The van der Waals surface area contributed by atoms with Gasteiger partial charge in [0.1, 0.15) is 0 Å². The molecule has 4 aromatic carbocycles. The Bertz CT molecular complexity index is 1560. The van der Waals surface area contributed by atoms with E-state index in [2.05, 4.69) is 10.2 Å². The summed E-state index contributed by atoms with van der Waals surface area (Å²) in [5.74, 6) is -0.506. The first-order valence-electron chi connectivity index (χ1n) is 13.2. The third-order valence-electron chi connectivity index (χ3n) is 7.40. The number of aliphatic hydroxyl groups is 1. The first-order valence-corrected chi connectivity index (χ1v) is 13.5. The van der Waals surface area contributed by atoms with Gasteiger partial charge < -0.3 is 20.1 Å². The molecule has 0 aliphatic carbocycles. The highest BCUT2D eigenvalue weighted by Gasteiger charge is 2.35. The monoisotopic (exact) mass is 553 g/mol. The highest BCUT2D eigenvalue weighted by Crippen LogP contribution is 2.32. The zero-order chi connectivity index (χ0) is 27.6. The molecule has 40 heavy (non-hydrogen) atoms. The highest BCUT2D eigenvalue weighted by molar-refractivity contribution is 6.35. The van der Waals surface area contributed by atoms with Crippen molar-refractivity contribution < 1.29 is 19.4 Å². The predicted molar refractivity (Wildman–Crippen MR) is 156 cm³/mol. The van der Waals surface area contributed by atoms with Gasteiger partial charge in [0.05, 0.1) is 29.8 Å². The number of ether oxygens (including phenoxy) is 1. The molecule has 0 radical (unpaired) electrons. The van der Waals surface area contributed by atoms with Gasteiger partial charge in [-0.2, -0.15) is 0 Å². The number of benzene rings is 4. The van der Waals surface area contributed by atoms with Crippen LogP contribution in [0.15, 0.2) is 97.1 Å². The summed E-state index contributed by atoms with van der Waals surface area (Å²) in [6.45, 7) is 1.70. The van der Waals surface area contributed by atoms with E-state index in [1.54, 1.807) is 29.2 Å². The van der Waals surface area contributed by atoms with Gasteiger partial charge in [-0.1, -0.05) is 78.3 Å². The maximum atomic E-state index is 13.9. The highest BCUT2D eigenvalue weighted by atomic mass is 35.5. The Kier molecular flexibility index (Phi) is 7.36. The Labute approximate surface area is 237 Å². The number of anilines is 2. The summed E-state index contributed by atoms with van der Waals surface area (Å²) in [6.07, 6.45) is -0.845. The number of rotatable bonds is 4. The van der Waals surface area contributed by atoms with E-state index < -0.39 is 6.29 Å². The fourth-order valence-corrected chi connectivity index (χ4v) is 5.64. The molecular weight excluding hydrogens is 526 g/mol. The van der Waals surface area contributed by atoms with Gasteiger partial charge in [0.25, 0.3) is 11.8 Å². The van der Waals surface area contributed by atoms with Gasteiger partial charge in [-0.25, -0.2) is 0 Å². The fraction of sp³-hybridized carbons (Fsp3) is 0.188. The summed E-state index contributed by atoms with van der Waals surface area (Å²) in [6, 6.07) is 29.8. The lowest BCUT2D eigenvalue weighted by molar-refractivity contribution is -0.165. The molecule has 0 spiro atoms. The number of morpholine rings is 1. The minimum atomic E-state index is -0.845. The summed E-state index contributed by atoms with van der Waals surface area (Å²) in [4.78, 5) is 31.0. The van der Waals surface area contributed by atoms with E-state index in [9.17, 15) is 14.7 Å². The van der Waals surface area contributed by atoms with Crippen LogP contribution in [0, 0.1) is 0 Å². The number of halogens is 1. The molecule has 0 bridgehead atoms. The molecule has 0 aromatic heterocycles. The van der Waals surface area contributed by atoms with Crippen LogP contribution in [-0.4, -0.2) is 53.8 Å². The molecule has 2 atom stereocenters. The summed E-state index contributed by atoms with van der Waals surface area (Å²) in [5.41, 5.74) is 4.94. The number of nitrogens with zero attached hydrogens (tertiary/aromatic N) is 2. The van der Waals surface area contributed by atoms with Crippen LogP contribution in [0.5, 0.6) is 0 Å². The molecule has 7 nitrogen and oxygen atoms in total. The van der Waals surface area contributed by atoms with Crippen molar-refractivity contribution in [3.8, 4) is 11.1 Å². The molecule has 2 amide bonds. The van der Waals surface area contributed by atoms with E-state index in [-0.39, 0.29) is 22.9 Å². The molecule has 1 fully saturated rings. The Morgan fingerprint density at radius 3 is 2.45 bits per heavy atom. The van der Waals surface area contributed by atoms with Crippen molar-refractivity contribution in [1.29, 1.82) is 0 Å². The number of amides is 2. The third kappa shape index (κ3) is 5.24. The number of carbonyl (C=O) groups is 2. The van der Waals surface area contributed by atoms with E-state index in [1.165, 1.54) is 0 Å². The van der Waals surface area contributed by atoms with E-state index in [0.717, 1.165) is 22.4 Å². The lowest BCUT2D eigenvalue weighted by atomic mass is 9.99. The topological polar surface area (TPSA) is 82.1 Å². The van der Waals surface area contributed by atoms with Crippen molar-refractivity contribution in [1.82, 2.24) is 4.90 Å². The van der Waals surface area contributed by atoms with Crippen LogP contribution < -0.4 is 10.2 Å². The number of hydrogen-bond donors (Lipinski definition) is 2. The van der Waals surface area contributed by atoms with Crippen molar-refractivity contribution in [3.05, 3.63) is 119 Å². The van der Waals surface area contributed by atoms with E-state index in [4.69, 9.17) is 16.3 Å². The molecular formula is C32H28ClN3O4. The second-order valence-corrected chi connectivity index (χ2v) is 10.4. The smallest absolute Gasteiger partial charge is 0.259 e. The molecule has 2 heterocycles. The Morgan fingerprint density at radius 2 is 1.62 bits per heavy atom. The van der Waals surface area contributed by atoms with Crippen molar-refractivity contribution >= 4 is 34.8 Å². The largest absolute Gasteiger partial charge is 0.367 e. The molecule has 2 aliphatic rings. The molecule has 2 aliphatic heterocycles. The number of hydrogen-bond acceptors (Lipinski definition) is 5. The second-order valence-electron chi connectivity index (χ2n) is 9.98. The van der Waals surface area contributed by atoms with Crippen molar-refractivity contribution in [2.24, 2.45) is 0 Å². The normalized spacial score (nSPS) is 18.8. The molecule has 202 valence electrons. The number of fused-ring (bicyclic) bond motifs is 2. The number of nitrogens with one attached hydrogen (secondary N) is 1. The van der Waals surface area contributed by atoms with Gasteiger partial charge in [-0.3, -0.25) is 14.5 Å². The van der Waals surface area contributed by atoms with Gasteiger partial charge in [0, 0.05) is 30.0 Å². The van der Waals surface area contributed by atoms with Gasteiger partial charge in [-0.05, 0) is 47.0 Å². The molecule has 1 saturated heterocycles. The van der Waals surface area contributed by atoms with Crippen LogP contribution in [-0.2, 0) is 11.3 Å². The molecule has 1 unspecified atom stereocenters. The van der Waals surface area contributed by atoms with E-state index in [0.29, 0.717) is 43.1 Å². The lowest BCUT2D eigenvalue weighted by Crippen LogP contribution is -2.53. The number of para-hydroxylation sites is 1. The van der Waals surface area contributed by atoms with Gasteiger partial charge >= 0.3 is 0 Å². The molecule has 6 rings (SSSR count). The Balaban J connectivity index is 1.25. The predicted octanol–water partition coefficient (Wildman–Crippen LogP) is 5.44. The minimum absolute atomic E-state index is 0.0678. The molecule has 8 heteroatoms. The lowest BCUT2D eigenvalue weighted by Gasteiger charge is -2.37. The number of aliphatic hydroxyl groups excluding tert-OH is 1. The first kappa shape index (κ1) is 26.2. The Morgan fingerprint density at radius 1 is 0.875 bits per heavy atom. The Hall–Kier alpha value is -4.01. The average Bonchev–Trinajstić information content (AvgIpc) is 3.14. The summed E-state index contributed by atoms with van der Waals surface area (Å²) in [5, 5.41) is 13.2. The first-order chi connectivity index (χ1) is 19.5. The minimum Gasteiger partial charge on any atom is -0.367 e. The third-order valence-corrected chi connectivity index (χ3v) is 7.71. The summed E-state index contributed by atoms with van der Waals surface area (Å²) >= 11 is 6.66. The summed E-state index contributed by atoms with van der Waals surface area (Å²) in [7, 11) is 0. The average molecular weight is 554 g/mol. The van der Waals surface area contributed by atoms with Crippen LogP contribution in [0.25, 0.3) is 11.1 Å². The van der Waals surface area contributed by atoms with Crippen LogP contribution in [0.2, 0.25) is 5.02 Å². The maximum absolute atomic E-state index is 13.9. The molecule has 0 saturated carbocycles. The van der Waals surface area contributed by atoms with Crippen molar-refractivity contribution in [2.45, 2.75) is 18.9 Å². The van der Waals surface area contributed by atoms with Crippen LogP contribution in [0.3, 0.4) is 0 Å². The van der Waals surface area contributed by atoms with Crippen LogP contribution in [0.4, 0.5) is 11.4 Å². The number of carbonyl (C=O) groups excluding carboxylic acids is 2. The second kappa shape index (κ2) is 11.2. The maximum Gasteiger partial charge on any atom is 0.259 e. The van der Waals surface area contributed by atoms with Crippen LogP contribution >= 0.6 is 11.6 Å². The van der Waals surface area contributed by atoms with Gasteiger partial charge in [0.2, 0.25) is 0 Å². The van der Waals surface area contributed by atoms with E-state index >= 15 is 0 Å². The van der Waals surface area contributed by atoms with E-state index in [1.807, 2.05) is 72.8 Å². The quantitative estimate of drug-likeness (QED) is 0.352. The zero-order valence-corrected chi connectivity index (χ0v) is 22.4. The van der Waals surface area contributed by atoms with Gasteiger partial charge in [-0.15, -0.1) is 0 Å². The standard InChI is InChI=1S/C32H28ClN3O4/c33-28-16-23(34-31(38)26-12-6-5-11-25(26)21-8-2-1-3-9-21)14-15-27(28)32(39)36-18-24-20-40-30(37)19-35(24)17-22-10-4-7-13-29(22)36/h1-16,24,30,37H,17-20H2,(H,34,38)/t24?,30-/m0/s1. The molecule has 4 aromatic rings. The SMILES string of the molecule is O=C(Nc1ccc(C(=O)N2CC3CO[C@H](O)CN3Cc3ccccc32)c(Cl)c1)c1ccccc1-c1ccccc1. The zero-order valence-electron chi connectivity index (χ0n) is 21.7. The fourth-order valence-electron chi connectivity index (χ4n) is 5.38. The summed E-state index contributed by atoms with van der Waals surface area (Å²) < 4.78 is 5.49. The molecule has 2 N–H and O–H groups in total. The van der Waals surface area contributed by atoms with Crippen molar-refractivity contribution in [3.63, 3.8) is 0 Å². The van der Waals surface area contributed by atoms with Crippen LogP contribution in [0.1, 0.15) is 26.3 Å².